The Balaban J connectivity index is 1.40. The monoisotopic (exact) mass is 408 g/mol. The van der Waals surface area contributed by atoms with Crippen LogP contribution in [0.5, 0.6) is 0 Å². The van der Waals surface area contributed by atoms with Crippen LogP contribution in [-0.2, 0) is 9.53 Å². The molecule has 5 rings (SSSR count). The molecular formula is C22H28N6O2. The molecule has 30 heavy (non-hydrogen) atoms. The molecule has 1 aromatic carbocycles. The number of carbonyl (C=O) groups is 1. The van der Waals surface area contributed by atoms with Crippen molar-refractivity contribution < 1.29 is 9.53 Å². The first-order valence-corrected chi connectivity index (χ1v) is 10.6. The van der Waals surface area contributed by atoms with Crippen molar-refractivity contribution in [3.8, 4) is 0 Å². The number of ether oxygens (including phenoxy) is 1. The molecule has 3 fully saturated rings. The van der Waals surface area contributed by atoms with Gasteiger partial charge in [0.15, 0.2) is 0 Å². The van der Waals surface area contributed by atoms with Gasteiger partial charge in [0.1, 0.15) is 11.6 Å². The highest BCUT2D eigenvalue weighted by Gasteiger charge is 2.48. The van der Waals surface area contributed by atoms with Crippen molar-refractivity contribution in [3.05, 3.63) is 42.0 Å². The summed E-state index contributed by atoms with van der Waals surface area (Å²) in [5, 5.41) is 0. The summed E-state index contributed by atoms with van der Waals surface area (Å²) in [5.74, 6) is 2.98. The minimum atomic E-state index is 0.108. The quantitative estimate of drug-likeness (QED) is 0.824. The van der Waals surface area contributed by atoms with Crippen LogP contribution in [0.1, 0.15) is 18.5 Å². The Kier molecular flexibility index (Phi) is 4.94. The topological polar surface area (TPSA) is 87.8 Å². The van der Waals surface area contributed by atoms with E-state index in [2.05, 4.69) is 31.9 Å². The second-order valence-electron chi connectivity index (χ2n) is 8.40. The molecule has 1 aromatic heterocycles. The first kappa shape index (κ1) is 19.1. The van der Waals surface area contributed by atoms with Crippen LogP contribution in [0.4, 0.5) is 17.6 Å². The fourth-order valence-electron chi connectivity index (χ4n) is 5.19. The van der Waals surface area contributed by atoms with Crippen LogP contribution in [-0.4, -0.2) is 66.7 Å². The number of nitrogen functional groups attached to an aromatic ring is 1. The van der Waals surface area contributed by atoms with Crippen molar-refractivity contribution in [1.82, 2.24) is 14.9 Å². The molecule has 0 saturated carbocycles. The van der Waals surface area contributed by atoms with E-state index < -0.39 is 0 Å². The molecule has 8 nitrogen and oxygen atoms in total. The largest absolute Gasteiger partial charge is 0.378 e. The summed E-state index contributed by atoms with van der Waals surface area (Å²) in [6.07, 6.45) is 0. The molecule has 158 valence electrons. The molecule has 3 atom stereocenters. The minimum Gasteiger partial charge on any atom is -0.378 e. The van der Waals surface area contributed by atoms with E-state index in [4.69, 9.17) is 10.5 Å². The van der Waals surface area contributed by atoms with Crippen LogP contribution in [0.25, 0.3) is 0 Å². The van der Waals surface area contributed by atoms with Gasteiger partial charge in [-0.15, -0.1) is 0 Å². The van der Waals surface area contributed by atoms with E-state index >= 15 is 0 Å². The van der Waals surface area contributed by atoms with Gasteiger partial charge < -0.3 is 25.2 Å². The summed E-state index contributed by atoms with van der Waals surface area (Å²) in [6, 6.07) is 12.5. The van der Waals surface area contributed by atoms with Gasteiger partial charge in [0.25, 0.3) is 0 Å². The Morgan fingerprint density at radius 2 is 1.73 bits per heavy atom. The van der Waals surface area contributed by atoms with Gasteiger partial charge in [0, 0.05) is 57.5 Å². The van der Waals surface area contributed by atoms with Gasteiger partial charge in [-0.25, -0.2) is 0 Å². The molecular weight excluding hydrogens is 380 g/mol. The number of fused-ring (bicyclic) bond motifs is 1. The second-order valence-corrected chi connectivity index (χ2v) is 8.40. The Morgan fingerprint density at radius 3 is 2.43 bits per heavy atom. The van der Waals surface area contributed by atoms with Gasteiger partial charge in [0.05, 0.1) is 19.3 Å². The Morgan fingerprint density at radius 1 is 1.03 bits per heavy atom. The highest BCUT2D eigenvalue weighted by Crippen LogP contribution is 2.45. The van der Waals surface area contributed by atoms with E-state index in [1.807, 2.05) is 29.2 Å². The number of likely N-dealkylation sites (tertiary alicyclic amines) is 1. The lowest BCUT2D eigenvalue weighted by molar-refractivity contribution is -0.130. The number of morpholine rings is 1. The molecule has 3 aliphatic rings. The molecule has 2 N–H and O–H groups in total. The second kappa shape index (κ2) is 7.75. The van der Waals surface area contributed by atoms with Gasteiger partial charge >= 0.3 is 0 Å². The van der Waals surface area contributed by atoms with Gasteiger partial charge in [-0.2, -0.15) is 9.97 Å². The van der Waals surface area contributed by atoms with Crippen LogP contribution in [0, 0.1) is 11.8 Å². The zero-order valence-electron chi connectivity index (χ0n) is 17.3. The number of amides is 1. The van der Waals surface area contributed by atoms with E-state index in [-0.39, 0.29) is 11.9 Å². The third-order valence-corrected chi connectivity index (χ3v) is 6.59. The molecule has 0 spiro atoms. The predicted octanol–water partition coefficient (Wildman–Crippen LogP) is 1.55. The number of carbonyl (C=O) groups excluding carboxylic acids is 1. The molecule has 2 aromatic rings. The maximum absolute atomic E-state index is 12.3. The van der Waals surface area contributed by atoms with Gasteiger partial charge in [-0.3, -0.25) is 4.79 Å². The summed E-state index contributed by atoms with van der Waals surface area (Å²) >= 11 is 0. The van der Waals surface area contributed by atoms with Crippen molar-refractivity contribution in [2.45, 2.75) is 13.0 Å². The number of nitrogens with two attached hydrogens (primary N) is 1. The van der Waals surface area contributed by atoms with Crippen LogP contribution >= 0.6 is 0 Å². The summed E-state index contributed by atoms with van der Waals surface area (Å²) in [6.45, 7) is 7.21. The molecule has 0 radical (unpaired) electrons. The van der Waals surface area contributed by atoms with Gasteiger partial charge in [-0.1, -0.05) is 30.3 Å². The normalized spacial score (nSPS) is 26.2. The SMILES string of the molecule is CC(=O)N1C[C@H]2CN(c3cc(N4CCOCC4)nc(N)n3)C[C@H]2[C@@H]1c1ccccc1. The molecule has 0 bridgehead atoms. The smallest absolute Gasteiger partial charge is 0.223 e. The highest BCUT2D eigenvalue weighted by atomic mass is 16.5. The lowest BCUT2D eigenvalue weighted by atomic mass is 9.89. The number of hydrogen-bond donors (Lipinski definition) is 1. The minimum absolute atomic E-state index is 0.108. The fourth-order valence-corrected chi connectivity index (χ4v) is 5.19. The van der Waals surface area contributed by atoms with Crippen LogP contribution in [0.15, 0.2) is 36.4 Å². The molecule has 0 aliphatic carbocycles. The average molecular weight is 409 g/mol. The summed E-state index contributed by atoms with van der Waals surface area (Å²) in [4.78, 5) is 27.9. The molecule has 4 heterocycles. The Hall–Kier alpha value is -2.87. The van der Waals surface area contributed by atoms with Crippen molar-refractivity contribution in [3.63, 3.8) is 0 Å². The lowest BCUT2D eigenvalue weighted by Crippen LogP contribution is -2.37. The molecule has 1 amide bonds. The van der Waals surface area contributed by atoms with Gasteiger partial charge in [0.2, 0.25) is 11.9 Å². The lowest BCUT2D eigenvalue weighted by Gasteiger charge is -2.30. The summed E-state index contributed by atoms with van der Waals surface area (Å²) in [7, 11) is 0. The van der Waals surface area contributed by atoms with Crippen molar-refractivity contribution in [2.24, 2.45) is 11.8 Å². The summed E-state index contributed by atoms with van der Waals surface area (Å²) in [5.41, 5.74) is 7.28. The maximum atomic E-state index is 12.3. The zero-order chi connectivity index (χ0) is 20.7. The van der Waals surface area contributed by atoms with E-state index in [1.54, 1.807) is 6.92 Å². The van der Waals surface area contributed by atoms with E-state index in [9.17, 15) is 4.79 Å². The average Bonchev–Trinajstić information content (AvgIpc) is 3.33. The number of rotatable bonds is 3. The van der Waals surface area contributed by atoms with Crippen molar-refractivity contribution in [2.75, 3.05) is 61.5 Å². The van der Waals surface area contributed by atoms with E-state index in [1.165, 1.54) is 5.56 Å². The van der Waals surface area contributed by atoms with E-state index in [0.717, 1.165) is 44.4 Å². The third-order valence-electron chi connectivity index (χ3n) is 6.59. The number of hydrogen-bond acceptors (Lipinski definition) is 7. The fraction of sp³-hybridized carbons (Fsp3) is 0.500. The standard InChI is InChI=1S/C22H28N6O2/c1-15(29)28-13-17-12-27(14-18(17)21(28)16-5-3-2-4-6-16)20-11-19(24-22(23)25-20)26-7-9-30-10-8-26/h2-6,11,17-18,21H,7-10,12-14H2,1H3,(H2,23,24,25)/t17-,18-,21+/m1/s1. The van der Waals surface area contributed by atoms with Gasteiger partial charge in [-0.05, 0) is 5.56 Å². The Labute approximate surface area is 176 Å². The third kappa shape index (κ3) is 3.45. The van der Waals surface area contributed by atoms with Crippen LogP contribution in [0.3, 0.4) is 0 Å². The first-order valence-electron chi connectivity index (χ1n) is 10.6. The molecule has 0 unspecified atom stereocenters. The van der Waals surface area contributed by atoms with Crippen LogP contribution in [0.2, 0.25) is 0 Å². The number of nitrogens with zero attached hydrogens (tertiary/aromatic N) is 5. The van der Waals surface area contributed by atoms with Crippen LogP contribution < -0.4 is 15.5 Å². The first-order chi connectivity index (χ1) is 14.6. The molecule has 8 heteroatoms. The molecule has 3 saturated heterocycles. The predicted molar refractivity (Wildman–Crippen MR) is 115 cm³/mol. The van der Waals surface area contributed by atoms with Crippen molar-refractivity contribution >= 4 is 23.5 Å². The maximum Gasteiger partial charge on any atom is 0.223 e. The molecule has 3 aliphatic heterocycles. The number of benzene rings is 1. The van der Waals surface area contributed by atoms with Crippen molar-refractivity contribution in [1.29, 1.82) is 0 Å². The highest BCUT2D eigenvalue weighted by molar-refractivity contribution is 5.74. The summed E-state index contributed by atoms with van der Waals surface area (Å²) < 4.78 is 5.46. The number of anilines is 3. The van der Waals surface area contributed by atoms with E-state index in [0.29, 0.717) is 31.0 Å². The zero-order valence-corrected chi connectivity index (χ0v) is 17.3. The number of aromatic nitrogens is 2. The Bertz CT molecular complexity index is 917.